The second kappa shape index (κ2) is 5.76. The molecule has 1 heterocycles. The zero-order valence-corrected chi connectivity index (χ0v) is 11.5. The number of piperidine rings is 1. The molecule has 0 atom stereocenters. The van der Waals surface area contributed by atoms with Crippen LogP contribution in [0.3, 0.4) is 0 Å². The number of anilines is 2. The van der Waals surface area contributed by atoms with E-state index in [0.717, 1.165) is 0 Å². The number of amides is 1. The third kappa shape index (κ3) is 3.91. The number of benzene rings is 1. The first kappa shape index (κ1) is 14.7. The number of nitrogens with one attached hydrogen (secondary N) is 1. The van der Waals surface area contributed by atoms with Gasteiger partial charge in [0.2, 0.25) is 5.91 Å². The van der Waals surface area contributed by atoms with Crippen molar-refractivity contribution in [2.24, 2.45) is 0 Å². The van der Waals surface area contributed by atoms with E-state index in [4.69, 9.17) is 5.73 Å². The number of carbonyl (C=O) groups is 1. The second-order valence-electron chi connectivity index (χ2n) is 5.56. The molecule has 0 unspecified atom stereocenters. The number of nitrogens with two attached hydrogens (primary N) is 1. The van der Waals surface area contributed by atoms with E-state index in [1.165, 1.54) is 18.2 Å². The van der Waals surface area contributed by atoms with Crippen LogP contribution in [0.5, 0.6) is 0 Å². The van der Waals surface area contributed by atoms with Crippen molar-refractivity contribution >= 4 is 17.3 Å². The molecule has 1 aliphatic rings. The van der Waals surface area contributed by atoms with E-state index in [1.807, 2.05) is 11.8 Å². The summed E-state index contributed by atoms with van der Waals surface area (Å²) in [5, 5.41) is 12.5. The topological polar surface area (TPSA) is 78.6 Å². The lowest BCUT2D eigenvalue weighted by Gasteiger charge is -2.35. The summed E-state index contributed by atoms with van der Waals surface area (Å²) in [5.74, 6) is -0.668. The zero-order chi connectivity index (χ0) is 14.8. The molecule has 0 saturated carbocycles. The van der Waals surface area contributed by atoms with Crippen LogP contribution in [0.15, 0.2) is 18.2 Å². The third-order valence-corrected chi connectivity index (χ3v) is 3.58. The molecule has 1 aliphatic heterocycles. The average Bonchev–Trinajstić information content (AvgIpc) is 2.36. The van der Waals surface area contributed by atoms with E-state index in [0.29, 0.717) is 31.6 Å². The summed E-state index contributed by atoms with van der Waals surface area (Å²) in [6.45, 7) is 3.44. The Labute approximate surface area is 117 Å². The van der Waals surface area contributed by atoms with Crippen LogP contribution in [0.25, 0.3) is 0 Å². The fourth-order valence-electron chi connectivity index (χ4n) is 2.22. The lowest BCUT2D eigenvalue weighted by atomic mass is 9.94. The van der Waals surface area contributed by atoms with Crippen LogP contribution in [0.2, 0.25) is 0 Å². The van der Waals surface area contributed by atoms with E-state index in [2.05, 4.69) is 5.32 Å². The van der Waals surface area contributed by atoms with Crippen molar-refractivity contribution in [3.05, 3.63) is 24.0 Å². The number of nitrogens with zero attached hydrogens (tertiary/aromatic N) is 1. The van der Waals surface area contributed by atoms with Crippen LogP contribution in [0.4, 0.5) is 15.8 Å². The highest BCUT2D eigenvalue weighted by molar-refractivity contribution is 5.92. The number of carbonyl (C=O) groups excluding carboxylic acids is 1. The highest BCUT2D eigenvalue weighted by Crippen LogP contribution is 2.21. The van der Waals surface area contributed by atoms with Gasteiger partial charge in [0.25, 0.3) is 0 Å². The summed E-state index contributed by atoms with van der Waals surface area (Å²) in [7, 11) is 0. The Kier molecular flexibility index (Phi) is 4.25. The molecule has 0 aromatic heterocycles. The molecule has 1 fully saturated rings. The maximum absolute atomic E-state index is 13.0. The maximum atomic E-state index is 13.0. The van der Waals surface area contributed by atoms with Gasteiger partial charge in [-0.3, -0.25) is 9.69 Å². The zero-order valence-electron chi connectivity index (χ0n) is 11.5. The Balaban J connectivity index is 1.85. The normalized spacial score (nSPS) is 18.8. The summed E-state index contributed by atoms with van der Waals surface area (Å²) >= 11 is 0. The molecular weight excluding hydrogens is 261 g/mol. The van der Waals surface area contributed by atoms with Crippen molar-refractivity contribution in [1.29, 1.82) is 0 Å². The Bertz CT molecular complexity index is 495. The van der Waals surface area contributed by atoms with Crippen molar-refractivity contribution in [1.82, 2.24) is 4.90 Å². The SMILES string of the molecule is CC1(O)CCN(CC(=O)Nc2ccc(F)c(N)c2)CC1. The number of nitrogen functional groups attached to an aromatic ring is 1. The van der Waals surface area contributed by atoms with Crippen molar-refractivity contribution in [3.8, 4) is 0 Å². The molecule has 0 aliphatic carbocycles. The van der Waals surface area contributed by atoms with E-state index in [9.17, 15) is 14.3 Å². The first-order valence-electron chi connectivity index (χ1n) is 6.65. The Morgan fingerprint density at radius 1 is 1.50 bits per heavy atom. The predicted octanol–water partition coefficient (Wildman–Crippen LogP) is 1.19. The van der Waals surface area contributed by atoms with Crippen molar-refractivity contribution in [3.63, 3.8) is 0 Å². The molecule has 0 radical (unpaired) electrons. The standard InChI is InChI=1S/C14H20FN3O2/c1-14(20)4-6-18(7-5-14)9-13(19)17-10-2-3-11(15)12(16)8-10/h2-3,8,20H,4-7,9,16H2,1H3,(H,17,19). The predicted molar refractivity (Wildman–Crippen MR) is 75.7 cm³/mol. The lowest BCUT2D eigenvalue weighted by Crippen LogP contribution is -2.45. The van der Waals surface area contributed by atoms with Gasteiger partial charge < -0.3 is 16.2 Å². The highest BCUT2D eigenvalue weighted by atomic mass is 19.1. The second-order valence-corrected chi connectivity index (χ2v) is 5.56. The molecule has 1 saturated heterocycles. The summed E-state index contributed by atoms with van der Waals surface area (Å²) in [6, 6.07) is 4.10. The van der Waals surface area contributed by atoms with Gasteiger partial charge >= 0.3 is 0 Å². The van der Waals surface area contributed by atoms with Gasteiger partial charge in [0.1, 0.15) is 5.82 Å². The quantitative estimate of drug-likeness (QED) is 0.727. The Hall–Kier alpha value is -1.66. The summed E-state index contributed by atoms with van der Waals surface area (Å²) in [4.78, 5) is 13.9. The van der Waals surface area contributed by atoms with Crippen LogP contribution in [0.1, 0.15) is 19.8 Å². The number of rotatable bonds is 3. The lowest BCUT2D eigenvalue weighted by molar-refractivity contribution is -0.118. The minimum atomic E-state index is -0.627. The van der Waals surface area contributed by atoms with Crippen LogP contribution in [-0.2, 0) is 4.79 Å². The highest BCUT2D eigenvalue weighted by Gasteiger charge is 2.27. The Morgan fingerprint density at radius 3 is 2.75 bits per heavy atom. The van der Waals surface area contributed by atoms with Crippen molar-refractivity contribution in [2.45, 2.75) is 25.4 Å². The fraction of sp³-hybridized carbons (Fsp3) is 0.500. The maximum Gasteiger partial charge on any atom is 0.238 e. The van der Waals surface area contributed by atoms with Gasteiger partial charge in [-0.05, 0) is 38.0 Å². The van der Waals surface area contributed by atoms with Gasteiger partial charge in [0.15, 0.2) is 0 Å². The molecule has 1 aromatic rings. The summed E-state index contributed by atoms with van der Waals surface area (Å²) in [6.07, 6.45) is 1.31. The van der Waals surface area contributed by atoms with Gasteiger partial charge in [-0.1, -0.05) is 0 Å². The molecule has 20 heavy (non-hydrogen) atoms. The van der Waals surface area contributed by atoms with Crippen molar-refractivity contribution in [2.75, 3.05) is 30.7 Å². The molecule has 1 aromatic carbocycles. The van der Waals surface area contributed by atoms with Gasteiger partial charge in [0.05, 0.1) is 17.8 Å². The molecular formula is C14H20FN3O2. The smallest absolute Gasteiger partial charge is 0.238 e. The van der Waals surface area contributed by atoms with E-state index in [-0.39, 0.29) is 18.1 Å². The third-order valence-electron chi connectivity index (χ3n) is 3.58. The molecule has 0 bridgehead atoms. The molecule has 2 rings (SSSR count). The van der Waals surface area contributed by atoms with Crippen LogP contribution in [-0.4, -0.2) is 41.1 Å². The molecule has 5 nitrogen and oxygen atoms in total. The van der Waals surface area contributed by atoms with Crippen LogP contribution < -0.4 is 11.1 Å². The van der Waals surface area contributed by atoms with Crippen LogP contribution in [0, 0.1) is 5.82 Å². The fourth-order valence-corrected chi connectivity index (χ4v) is 2.22. The average molecular weight is 281 g/mol. The van der Waals surface area contributed by atoms with Gasteiger partial charge in [-0.2, -0.15) is 0 Å². The van der Waals surface area contributed by atoms with Gasteiger partial charge in [0, 0.05) is 18.8 Å². The van der Waals surface area contributed by atoms with Gasteiger partial charge in [-0.15, -0.1) is 0 Å². The summed E-state index contributed by atoms with van der Waals surface area (Å²) < 4.78 is 13.0. The minimum Gasteiger partial charge on any atom is -0.396 e. The van der Waals surface area contributed by atoms with Gasteiger partial charge in [-0.25, -0.2) is 4.39 Å². The summed E-state index contributed by atoms with van der Waals surface area (Å²) in [5.41, 5.74) is 5.31. The van der Waals surface area contributed by atoms with E-state index >= 15 is 0 Å². The van der Waals surface area contributed by atoms with E-state index < -0.39 is 11.4 Å². The largest absolute Gasteiger partial charge is 0.396 e. The number of likely N-dealkylation sites (tertiary alicyclic amines) is 1. The molecule has 1 amide bonds. The first-order chi connectivity index (χ1) is 9.35. The number of halogens is 1. The monoisotopic (exact) mass is 281 g/mol. The van der Waals surface area contributed by atoms with Crippen molar-refractivity contribution < 1.29 is 14.3 Å². The number of hydrogen-bond acceptors (Lipinski definition) is 4. The Morgan fingerprint density at radius 2 is 2.15 bits per heavy atom. The first-order valence-corrected chi connectivity index (χ1v) is 6.65. The molecule has 0 spiro atoms. The molecule has 6 heteroatoms. The number of aliphatic hydroxyl groups is 1. The minimum absolute atomic E-state index is 0.0109. The van der Waals surface area contributed by atoms with Crippen LogP contribution >= 0.6 is 0 Å². The molecule has 4 N–H and O–H groups in total. The molecule has 110 valence electrons. The van der Waals surface area contributed by atoms with E-state index in [1.54, 1.807) is 0 Å². The number of hydrogen-bond donors (Lipinski definition) is 3.